The summed E-state index contributed by atoms with van der Waals surface area (Å²) in [6, 6.07) is 0.836. The van der Waals surface area contributed by atoms with E-state index in [0.29, 0.717) is 12.0 Å². The minimum atomic E-state index is 0.223. The molecule has 0 saturated heterocycles. The Hall–Kier alpha value is -0.120. The van der Waals surface area contributed by atoms with Gasteiger partial charge in [-0.3, -0.25) is 0 Å². The molecule has 0 saturated carbocycles. The van der Waals surface area contributed by atoms with E-state index in [0.717, 1.165) is 13.0 Å². The van der Waals surface area contributed by atoms with E-state index in [9.17, 15) is 0 Å². The fourth-order valence-corrected chi connectivity index (χ4v) is 1.40. The first-order chi connectivity index (χ1) is 6.52. The largest absolute Gasteiger partial charge is 0.395 e. The average molecular weight is 202 g/mol. The lowest BCUT2D eigenvalue weighted by atomic mass is 10.0. The van der Waals surface area contributed by atoms with Crippen LogP contribution in [0.25, 0.3) is 0 Å². The third-order valence-electron chi connectivity index (χ3n) is 3.12. The Morgan fingerprint density at radius 1 is 1.29 bits per heavy atom. The van der Waals surface area contributed by atoms with Gasteiger partial charge in [-0.25, -0.2) is 0 Å². The Kier molecular flexibility index (Phi) is 7.15. The Bertz CT molecular complexity index is 135. The summed E-state index contributed by atoms with van der Waals surface area (Å²) in [5, 5.41) is 12.1. The zero-order chi connectivity index (χ0) is 11.1. The third kappa shape index (κ3) is 4.94. The first-order valence-corrected chi connectivity index (χ1v) is 5.51. The number of likely N-dealkylation sites (N-methyl/N-ethyl adjacent to an activating group) is 1. The highest BCUT2D eigenvalue weighted by molar-refractivity contribution is 4.70. The molecule has 0 amide bonds. The van der Waals surface area contributed by atoms with Gasteiger partial charge in [0.2, 0.25) is 0 Å². The molecular formula is C11H26N2O. The van der Waals surface area contributed by atoms with Crippen molar-refractivity contribution in [2.45, 2.75) is 39.3 Å². The highest BCUT2D eigenvalue weighted by atomic mass is 16.3. The molecule has 0 rings (SSSR count). The number of hydrogen-bond acceptors (Lipinski definition) is 3. The smallest absolute Gasteiger partial charge is 0.0585 e. The number of nitrogens with one attached hydrogen (secondary N) is 1. The maximum Gasteiger partial charge on any atom is 0.0585 e. The molecule has 0 aliphatic rings. The molecule has 3 heteroatoms. The first kappa shape index (κ1) is 13.9. The highest BCUT2D eigenvalue weighted by Gasteiger charge is 2.14. The van der Waals surface area contributed by atoms with E-state index in [2.05, 4.69) is 38.0 Å². The quantitative estimate of drug-likeness (QED) is 0.645. The number of nitrogens with zero attached hydrogens (tertiary/aromatic N) is 1. The zero-order valence-corrected chi connectivity index (χ0v) is 10.2. The van der Waals surface area contributed by atoms with Crippen molar-refractivity contribution in [3.05, 3.63) is 0 Å². The predicted molar refractivity (Wildman–Crippen MR) is 61.5 cm³/mol. The minimum absolute atomic E-state index is 0.223. The summed E-state index contributed by atoms with van der Waals surface area (Å²) in [6.45, 7) is 7.98. The molecule has 0 aromatic rings. The number of rotatable bonds is 7. The Morgan fingerprint density at radius 2 is 1.86 bits per heavy atom. The van der Waals surface area contributed by atoms with Crippen LogP contribution in [0.1, 0.15) is 27.2 Å². The standard InChI is InChI=1S/C11H26N2O/c1-9(2)10(3)13(5)7-6-11(8-14)12-4/h9-12,14H,6-8H2,1-5H3. The summed E-state index contributed by atoms with van der Waals surface area (Å²) in [4.78, 5) is 2.35. The molecule has 0 aliphatic carbocycles. The van der Waals surface area contributed by atoms with E-state index < -0.39 is 0 Å². The minimum Gasteiger partial charge on any atom is -0.395 e. The van der Waals surface area contributed by atoms with E-state index in [-0.39, 0.29) is 12.6 Å². The van der Waals surface area contributed by atoms with Gasteiger partial charge in [0.25, 0.3) is 0 Å². The van der Waals surface area contributed by atoms with Crippen LogP contribution in [0, 0.1) is 5.92 Å². The van der Waals surface area contributed by atoms with Crippen molar-refractivity contribution in [1.29, 1.82) is 0 Å². The summed E-state index contributed by atoms with van der Waals surface area (Å²) < 4.78 is 0. The second-order valence-electron chi connectivity index (χ2n) is 4.42. The fraction of sp³-hybridized carbons (Fsp3) is 1.00. The summed E-state index contributed by atoms with van der Waals surface area (Å²) in [7, 11) is 4.04. The summed E-state index contributed by atoms with van der Waals surface area (Å²) in [5.41, 5.74) is 0. The molecule has 86 valence electrons. The fourth-order valence-electron chi connectivity index (χ4n) is 1.40. The Morgan fingerprint density at radius 3 is 2.21 bits per heavy atom. The van der Waals surface area contributed by atoms with Crippen molar-refractivity contribution in [2.75, 3.05) is 27.2 Å². The summed E-state index contributed by atoms with van der Waals surface area (Å²) >= 11 is 0. The van der Waals surface area contributed by atoms with Gasteiger partial charge in [-0.15, -0.1) is 0 Å². The lowest BCUT2D eigenvalue weighted by Gasteiger charge is -2.29. The molecule has 0 bridgehead atoms. The lowest BCUT2D eigenvalue weighted by molar-refractivity contribution is 0.180. The summed E-state index contributed by atoms with van der Waals surface area (Å²) in [5.74, 6) is 0.683. The van der Waals surface area contributed by atoms with Crippen LogP contribution in [0.5, 0.6) is 0 Å². The summed E-state index contributed by atoms with van der Waals surface area (Å²) in [6.07, 6.45) is 1.00. The van der Waals surface area contributed by atoms with E-state index in [1.54, 1.807) is 0 Å². The molecule has 0 aromatic heterocycles. The van der Waals surface area contributed by atoms with Crippen molar-refractivity contribution in [3.8, 4) is 0 Å². The molecule has 2 atom stereocenters. The van der Waals surface area contributed by atoms with Crippen molar-refractivity contribution < 1.29 is 5.11 Å². The van der Waals surface area contributed by atoms with Crippen LogP contribution >= 0.6 is 0 Å². The van der Waals surface area contributed by atoms with Gasteiger partial charge in [-0.05, 0) is 39.9 Å². The number of aliphatic hydroxyl groups excluding tert-OH is 1. The molecule has 0 aromatic carbocycles. The topological polar surface area (TPSA) is 35.5 Å². The molecule has 0 aliphatic heterocycles. The molecule has 2 N–H and O–H groups in total. The number of aliphatic hydroxyl groups is 1. The van der Waals surface area contributed by atoms with Crippen LogP contribution in [0.4, 0.5) is 0 Å². The van der Waals surface area contributed by atoms with Crippen LogP contribution in [0.15, 0.2) is 0 Å². The van der Waals surface area contributed by atoms with Gasteiger partial charge < -0.3 is 15.3 Å². The molecule has 14 heavy (non-hydrogen) atoms. The lowest BCUT2D eigenvalue weighted by Crippen LogP contribution is -2.38. The molecule has 0 spiro atoms. The zero-order valence-electron chi connectivity index (χ0n) is 10.2. The van der Waals surface area contributed by atoms with Crippen LogP contribution in [-0.4, -0.2) is 49.3 Å². The Labute approximate surface area is 88.5 Å². The van der Waals surface area contributed by atoms with E-state index >= 15 is 0 Å². The normalized spacial score (nSPS) is 16.3. The van der Waals surface area contributed by atoms with Crippen LogP contribution in [0.3, 0.4) is 0 Å². The van der Waals surface area contributed by atoms with Gasteiger partial charge in [0, 0.05) is 12.1 Å². The molecule has 3 nitrogen and oxygen atoms in total. The van der Waals surface area contributed by atoms with Gasteiger partial charge in [0.05, 0.1) is 6.61 Å². The molecule has 0 fully saturated rings. The first-order valence-electron chi connectivity index (χ1n) is 5.51. The number of hydrogen-bond donors (Lipinski definition) is 2. The van der Waals surface area contributed by atoms with Gasteiger partial charge in [-0.1, -0.05) is 13.8 Å². The van der Waals surface area contributed by atoms with Gasteiger partial charge >= 0.3 is 0 Å². The SMILES string of the molecule is CNC(CO)CCN(C)C(C)C(C)C. The van der Waals surface area contributed by atoms with Gasteiger partial charge in [0.1, 0.15) is 0 Å². The van der Waals surface area contributed by atoms with Crippen molar-refractivity contribution in [2.24, 2.45) is 5.92 Å². The molecular weight excluding hydrogens is 176 g/mol. The maximum atomic E-state index is 9.01. The monoisotopic (exact) mass is 202 g/mol. The third-order valence-corrected chi connectivity index (χ3v) is 3.12. The van der Waals surface area contributed by atoms with Crippen molar-refractivity contribution in [1.82, 2.24) is 10.2 Å². The predicted octanol–water partition coefficient (Wildman–Crippen LogP) is 0.933. The van der Waals surface area contributed by atoms with Crippen molar-refractivity contribution in [3.63, 3.8) is 0 Å². The van der Waals surface area contributed by atoms with Crippen LogP contribution in [-0.2, 0) is 0 Å². The van der Waals surface area contributed by atoms with E-state index in [1.165, 1.54) is 0 Å². The molecule has 0 heterocycles. The second-order valence-corrected chi connectivity index (χ2v) is 4.42. The van der Waals surface area contributed by atoms with Crippen LogP contribution in [0.2, 0.25) is 0 Å². The molecule has 2 unspecified atom stereocenters. The van der Waals surface area contributed by atoms with E-state index in [4.69, 9.17) is 5.11 Å². The van der Waals surface area contributed by atoms with Crippen molar-refractivity contribution >= 4 is 0 Å². The van der Waals surface area contributed by atoms with E-state index in [1.807, 2.05) is 7.05 Å². The average Bonchev–Trinajstić information content (AvgIpc) is 2.17. The maximum absolute atomic E-state index is 9.01. The van der Waals surface area contributed by atoms with Gasteiger partial charge in [-0.2, -0.15) is 0 Å². The van der Waals surface area contributed by atoms with Gasteiger partial charge in [0.15, 0.2) is 0 Å². The Balaban J connectivity index is 3.77. The van der Waals surface area contributed by atoms with Crippen LogP contribution < -0.4 is 5.32 Å². The second kappa shape index (κ2) is 7.21. The molecule has 0 radical (unpaired) electrons. The highest BCUT2D eigenvalue weighted by Crippen LogP contribution is 2.08.